The lowest BCUT2D eigenvalue weighted by Crippen LogP contribution is -2.07. The molecule has 2 aromatic heterocycles. The molecule has 0 unspecified atom stereocenters. The van der Waals surface area contributed by atoms with Crippen molar-refractivity contribution in [2.45, 2.75) is 25.9 Å². The third kappa shape index (κ3) is 3.60. The summed E-state index contributed by atoms with van der Waals surface area (Å²) < 4.78 is 6.68. The number of ketones is 1. The highest BCUT2D eigenvalue weighted by Gasteiger charge is 2.23. The second-order valence-electron chi connectivity index (χ2n) is 6.51. The Hall–Kier alpha value is -2.87. The fraction of sp³-hybridized carbons (Fsp3) is 0.300. The van der Waals surface area contributed by atoms with Gasteiger partial charge in [0, 0.05) is 18.3 Å². The predicted octanol–water partition coefficient (Wildman–Crippen LogP) is 3.50. The van der Waals surface area contributed by atoms with Crippen LogP contribution < -0.4 is 0 Å². The number of nitrogens with one attached hydrogen (secondary N) is 1. The number of aryl methyl sites for hydroxylation is 2. The van der Waals surface area contributed by atoms with E-state index in [4.69, 9.17) is 4.74 Å². The van der Waals surface area contributed by atoms with Crippen molar-refractivity contribution in [2.24, 2.45) is 7.05 Å². The first-order valence-corrected chi connectivity index (χ1v) is 9.72. The summed E-state index contributed by atoms with van der Waals surface area (Å²) in [6.45, 7) is 5.52. The van der Waals surface area contributed by atoms with Crippen molar-refractivity contribution in [3.05, 3.63) is 52.3 Å². The van der Waals surface area contributed by atoms with Gasteiger partial charge in [-0.25, -0.2) is 4.79 Å². The maximum atomic E-state index is 12.7. The van der Waals surface area contributed by atoms with Gasteiger partial charge in [0.25, 0.3) is 0 Å². The Morgan fingerprint density at radius 3 is 2.57 bits per heavy atom. The van der Waals surface area contributed by atoms with Crippen molar-refractivity contribution in [3.63, 3.8) is 0 Å². The van der Waals surface area contributed by atoms with E-state index in [0.29, 0.717) is 27.7 Å². The summed E-state index contributed by atoms with van der Waals surface area (Å²) in [5, 5.41) is 9.16. The van der Waals surface area contributed by atoms with Crippen LogP contribution in [0.2, 0.25) is 0 Å². The Kier molecular flexibility index (Phi) is 5.69. The van der Waals surface area contributed by atoms with Crippen LogP contribution in [0.3, 0.4) is 0 Å². The molecule has 0 bridgehead atoms. The third-order valence-electron chi connectivity index (χ3n) is 4.66. The summed E-state index contributed by atoms with van der Waals surface area (Å²) in [6, 6.07) is 7.96. The monoisotopic (exact) mass is 398 g/mol. The number of benzene rings is 1. The molecule has 28 heavy (non-hydrogen) atoms. The Labute approximate surface area is 167 Å². The number of carbonyl (C=O) groups is 2. The van der Waals surface area contributed by atoms with Crippen LogP contribution in [0, 0.1) is 20.8 Å². The number of ether oxygens (including phenoxy) is 1. The molecular weight excluding hydrogens is 376 g/mol. The smallest absolute Gasteiger partial charge is 0.339 e. The van der Waals surface area contributed by atoms with Crippen LogP contribution in [0.4, 0.5) is 0 Å². The molecule has 3 aromatic rings. The highest BCUT2D eigenvalue weighted by Crippen LogP contribution is 2.26. The lowest BCUT2D eigenvalue weighted by Gasteiger charge is -2.06. The summed E-state index contributed by atoms with van der Waals surface area (Å²) in [4.78, 5) is 27.6. The van der Waals surface area contributed by atoms with Gasteiger partial charge >= 0.3 is 5.97 Å². The number of nitrogens with zero attached hydrogens (tertiary/aromatic N) is 3. The van der Waals surface area contributed by atoms with Gasteiger partial charge in [0.1, 0.15) is 0 Å². The summed E-state index contributed by atoms with van der Waals surface area (Å²) in [6.07, 6.45) is 0. The summed E-state index contributed by atoms with van der Waals surface area (Å²) in [5.74, 6) is 0.379. The van der Waals surface area contributed by atoms with Crippen molar-refractivity contribution >= 4 is 23.5 Å². The third-order valence-corrected chi connectivity index (χ3v) is 5.68. The minimum atomic E-state index is -0.450. The van der Waals surface area contributed by atoms with Crippen molar-refractivity contribution in [1.29, 1.82) is 0 Å². The zero-order valence-corrected chi connectivity index (χ0v) is 17.3. The number of H-pyrrole nitrogens is 1. The van der Waals surface area contributed by atoms with E-state index in [1.165, 1.54) is 18.9 Å². The molecule has 0 amide bonds. The molecule has 146 valence electrons. The van der Waals surface area contributed by atoms with E-state index in [0.717, 1.165) is 17.0 Å². The first-order valence-electron chi connectivity index (χ1n) is 8.74. The molecule has 8 heteroatoms. The average molecular weight is 398 g/mol. The zero-order chi connectivity index (χ0) is 20.4. The molecule has 0 aliphatic rings. The van der Waals surface area contributed by atoms with Gasteiger partial charge in [0.05, 0.1) is 24.1 Å². The standard InChI is InChI=1S/C20H22N4O3S/c1-11-8-6-7-9-14(11)18-22-23-20(24(18)4)28-10-15(25)17-12(2)16(13(3)21-17)19(26)27-5/h6-9,21H,10H2,1-5H3. The van der Waals surface area contributed by atoms with Gasteiger partial charge in [-0.15, -0.1) is 10.2 Å². The molecule has 3 rings (SSSR count). The van der Waals surface area contributed by atoms with Crippen LogP contribution in [-0.2, 0) is 11.8 Å². The van der Waals surface area contributed by atoms with Crippen molar-refractivity contribution in [2.75, 3.05) is 12.9 Å². The number of Topliss-reactive ketones (excluding diaryl/α,β-unsaturated/α-hetero) is 1. The molecule has 2 heterocycles. The lowest BCUT2D eigenvalue weighted by atomic mass is 10.1. The molecule has 0 spiro atoms. The number of thioether (sulfide) groups is 1. The Bertz CT molecular complexity index is 1050. The first kappa shape index (κ1) is 19.9. The van der Waals surface area contributed by atoms with E-state index in [1.807, 2.05) is 42.8 Å². The molecule has 0 radical (unpaired) electrons. The van der Waals surface area contributed by atoms with Gasteiger partial charge in [0.15, 0.2) is 16.8 Å². The molecule has 0 aliphatic heterocycles. The molecular formula is C20H22N4O3S. The molecule has 1 N–H and O–H groups in total. The SMILES string of the molecule is COC(=O)c1c(C)[nH]c(C(=O)CSc2nnc(-c3ccccc3C)n2C)c1C. The molecule has 0 fully saturated rings. The van der Waals surface area contributed by atoms with E-state index in [-0.39, 0.29) is 11.5 Å². The lowest BCUT2D eigenvalue weighted by molar-refractivity contribution is 0.0599. The number of aromatic amines is 1. The van der Waals surface area contributed by atoms with Crippen LogP contribution >= 0.6 is 11.8 Å². The fourth-order valence-electron chi connectivity index (χ4n) is 3.14. The number of rotatable bonds is 6. The van der Waals surface area contributed by atoms with Gasteiger partial charge in [-0.1, -0.05) is 36.0 Å². The first-order chi connectivity index (χ1) is 13.3. The topological polar surface area (TPSA) is 89.9 Å². The van der Waals surface area contributed by atoms with Crippen LogP contribution in [-0.4, -0.2) is 44.4 Å². The van der Waals surface area contributed by atoms with Crippen molar-refractivity contribution < 1.29 is 14.3 Å². The molecule has 0 saturated carbocycles. The molecule has 0 atom stereocenters. The number of hydrogen-bond acceptors (Lipinski definition) is 6. The predicted molar refractivity (Wildman–Crippen MR) is 108 cm³/mol. The van der Waals surface area contributed by atoms with Gasteiger partial charge in [-0.05, 0) is 31.9 Å². The van der Waals surface area contributed by atoms with Crippen molar-refractivity contribution in [1.82, 2.24) is 19.7 Å². The van der Waals surface area contributed by atoms with Gasteiger partial charge in [-0.3, -0.25) is 4.79 Å². The van der Waals surface area contributed by atoms with Crippen LogP contribution in [0.25, 0.3) is 11.4 Å². The van der Waals surface area contributed by atoms with E-state index in [9.17, 15) is 9.59 Å². The van der Waals surface area contributed by atoms with E-state index in [2.05, 4.69) is 15.2 Å². The van der Waals surface area contributed by atoms with Gasteiger partial charge in [-0.2, -0.15) is 0 Å². The van der Waals surface area contributed by atoms with Gasteiger partial charge in [0.2, 0.25) is 0 Å². The average Bonchev–Trinajstić information content (AvgIpc) is 3.19. The number of hydrogen-bond donors (Lipinski definition) is 1. The highest BCUT2D eigenvalue weighted by atomic mass is 32.2. The fourth-order valence-corrected chi connectivity index (χ4v) is 3.92. The number of esters is 1. The molecule has 0 saturated heterocycles. The maximum Gasteiger partial charge on any atom is 0.339 e. The summed E-state index contributed by atoms with van der Waals surface area (Å²) in [7, 11) is 3.21. The van der Waals surface area contributed by atoms with E-state index >= 15 is 0 Å². The Balaban J connectivity index is 1.78. The Morgan fingerprint density at radius 1 is 1.18 bits per heavy atom. The normalized spacial score (nSPS) is 10.9. The Morgan fingerprint density at radius 2 is 1.89 bits per heavy atom. The van der Waals surface area contributed by atoms with Crippen LogP contribution in [0.1, 0.15) is 37.7 Å². The van der Waals surface area contributed by atoms with Gasteiger partial charge < -0.3 is 14.3 Å². The van der Waals surface area contributed by atoms with E-state index < -0.39 is 5.97 Å². The minimum Gasteiger partial charge on any atom is -0.465 e. The van der Waals surface area contributed by atoms with Crippen molar-refractivity contribution in [3.8, 4) is 11.4 Å². The zero-order valence-electron chi connectivity index (χ0n) is 16.5. The molecule has 7 nitrogen and oxygen atoms in total. The number of carbonyl (C=O) groups excluding carboxylic acids is 2. The van der Waals surface area contributed by atoms with Crippen LogP contribution in [0.15, 0.2) is 29.4 Å². The molecule has 1 aromatic carbocycles. The quantitative estimate of drug-likeness (QED) is 0.388. The van der Waals surface area contributed by atoms with Crippen LogP contribution in [0.5, 0.6) is 0 Å². The summed E-state index contributed by atoms with van der Waals surface area (Å²) >= 11 is 1.31. The second kappa shape index (κ2) is 8.02. The largest absolute Gasteiger partial charge is 0.465 e. The number of methoxy groups -OCH3 is 1. The second-order valence-corrected chi connectivity index (χ2v) is 7.45. The summed E-state index contributed by atoms with van der Waals surface area (Å²) in [5.41, 5.74) is 4.18. The molecule has 0 aliphatic carbocycles. The maximum absolute atomic E-state index is 12.7. The number of aromatic nitrogens is 4. The minimum absolute atomic E-state index is 0.110. The highest BCUT2D eigenvalue weighted by molar-refractivity contribution is 7.99. The van der Waals surface area contributed by atoms with E-state index in [1.54, 1.807) is 13.8 Å².